The maximum Gasteiger partial charge on any atom is 0.357 e. The highest BCUT2D eigenvalue weighted by Crippen LogP contribution is 2.29. The van der Waals surface area contributed by atoms with Crippen LogP contribution >= 0.6 is 0 Å². The van der Waals surface area contributed by atoms with E-state index in [0.717, 1.165) is 17.9 Å². The van der Waals surface area contributed by atoms with E-state index in [1.165, 1.54) is 13.2 Å². The molecule has 0 aromatic heterocycles. The Kier molecular flexibility index (Phi) is 14.7. The maximum absolute atomic E-state index is 12.0. The predicted molar refractivity (Wildman–Crippen MR) is 146 cm³/mol. The lowest BCUT2D eigenvalue weighted by Gasteiger charge is -2.31. The predicted octanol–water partition coefficient (Wildman–Crippen LogP) is -0.858. The molecule has 4 atom stereocenters. The van der Waals surface area contributed by atoms with Gasteiger partial charge in [-0.2, -0.15) is 0 Å². The fourth-order valence-corrected chi connectivity index (χ4v) is 4.19. The van der Waals surface area contributed by atoms with Gasteiger partial charge in [-0.1, -0.05) is 6.07 Å². The summed E-state index contributed by atoms with van der Waals surface area (Å²) in [7, 11) is 1.43. The molecule has 11 N–H and O–H groups in total. The minimum Gasteiger partial charge on any atom is -0.504 e. The molecule has 0 aliphatic carbocycles. The first-order chi connectivity index (χ1) is 19.6. The topological polar surface area (TPSA) is 283 Å². The van der Waals surface area contributed by atoms with Crippen LogP contribution in [-0.2, 0) is 30.4 Å². The molecule has 42 heavy (non-hydrogen) atoms. The zero-order chi connectivity index (χ0) is 32.0. The number of carboxylic acid groups (broad SMARTS) is 4. The number of hydrogen-bond donors (Lipinski definition) is 9. The molecule has 1 aromatic carbocycles. The van der Waals surface area contributed by atoms with Gasteiger partial charge in [-0.05, 0) is 62.8 Å². The molecule has 1 amide bonds. The molecule has 3 rings (SSSR count). The normalized spacial score (nSPS) is 20.7. The average molecular weight is 601 g/mol. The first kappa shape index (κ1) is 36.0. The van der Waals surface area contributed by atoms with Crippen molar-refractivity contribution < 1.29 is 59.3 Å². The van der Waals surface area contributed by atoms with Gasteiger partial charge in [-0.15, -0.1) is 0 Å². The van der Waals surface area contributed by atoms with Crippen molar-refractivity contribution >= 4 is 29.8 Å². The van der Waals surface area contributed by atoms with Crippen molar-refractivity contribution in [3.05, 3.63) is 23.8 Å². The zero-order valence-corrected chi connectivity index (χ0v) is 23.3. The van der Waals surface area contributed by atoms with Crippen molar-refractivity contribution in [2.75, 3.05) is 20.2 Å². The van der Waals surface area contributed by atoms with E-state index in [9.17, 15) is 34.2 Å². The summed E-state index contributed by atoms with van der Waals surface area (Å²) < 4.78 is 4.89. The smallest absolute Gasteiger partial charge is 0.357 e. The monoisotopic (exact) mass is 600 g/mol. The molecule has 2 fully saturated rings. The molecule has 0 saturated carbocycles. The number of hydrogen-bond acceptors (Lipinski definition) is 11. The van der Waals surface area contributed by atoms with Gasteiger partial charge in [-0.3, -0.25) is 19.2 Å². The number of carboxylic acids is 4. The molecule has 16 heteroatoms. The Balaban J connectivity index is 0.000000322. The molecular formula is C26H40N4O12. The molecule has 0 radical (unpaired) electrons. The Morgan fingerprint density at radius 3 is 2.21 bits per heavy atom. The molecule has 2 heterocycles. The third-order valence-electron chi connectivity index (χ3n) is 6.56. The van der Waals surface area contributed by atoms with E-state index < -0.39 is 41.7 Å². The van der Waals surface area contributed by atoms with Crippen LogP contribution < -0.4 is 21.5 Å². The fourth-order valence-electron chi connectivity index (χ4n) is 4.19. The fraction of sp³-hybridized carbons (Fsp3) is 0.577. The number of carbonyl (C=O) groups is 5. The minimum absolute atomic E-state index is 0.0187. The highest BCUT2D eigenvalue weighted by Gasteiger charge is 2.50. The van der Waals surface area contributed by atoms with E-state index in [1.807, 2.05) is 0 Å². The molecular weight excluding hydrogens is 560 g/mol. The summed E-state index contributed by atoms with van der Waals surface area (Å²) >= 11 is 0. The second-order valence-corrected chi connectivity index (χ2v) is 9.75. The van der Waals surface area contributed by atoms with Crippen molar-refractivity contribution in [2.24, 2.45) is 11.5 Å². The number of aliphatic hydroxyl groups is 1. The number of rotatable bonds is 11. The van der Waals surface area contributed by atoms with Crippen LogP contribution in [0.4, 0.5) is 0 Å². The van der Waals surface area contributed by atoms with Gasteiger partial charge in [0.15, 0.2) is 11.5 Å². The number of ether oxygens (including phenoxy) is 1. The Morgan fingerprint density at radius 1 is 1.07 bits per heavy atom. The zero-order valence-electron chi connectivity index (χ0n) is 23.3. The highest BCUT2D eigenvalue weighted by molar-refractivity contribution is 5.89. The van der Waals surface area contributed by atoms with E-state index in [2.05, 4.69) is 5.32 Å². The van der Waals surface area contributed by atoms with E-state index in [0.29, 0.717) is 37.1 Å². The first-order valence-corrected chi connectivity index (χ1v) is 13.2. The summed E-state index contributed by atoms with van der Waals surface area (Å²) in [5.41, 5.74) is 9.19. The SMILES string of the molecule is COc1cc(CC(N)C(=O)O)ccc1O.NC(CCCC(=O)O)C(=O)O.O=C(C1CCCN1)N1CCCC1(O)C(=O)O. The summed E-state index contributed by atoms with van der Waals surface area (Å²) in [6.45, 7) is 1.09. The molecule has 0 spiro atoms. The van der Waals surface area contributed by atoms with Crippen LogP contribution in [0, 0.1) is 0 Å². The minimum atomic E-state index is -2.00. The number of nitrogens with two attached hydrogens (primary N) is 2. The van der Waals surface area contributed by atoms with Crippen LogP contribution in [0.25, 0.3) is 0 Å². The number of benzene rings is 1. The number of carbonyl (C=O) groups excluding carboxylic acids is 1. The maximum atomic E-state index is 12.0. The molecule has 2 aliphatic heterocycles. The van der Waals surface area contributed by atoms with Gasteiger partial charge in [0, 0.05) is 19.4 Å². The molecule has 1 aromatic rings. The Morgan fingerprint density at radius 2 is 1.71 bits per heavy atom. The lowest BCUT2D eigenvalue weighted by molar-refractivity contribution is -0.182. The number of methoxy groups -OCH3 is 1. The van der Waals surface area contributed by atoms with Crippen LogP contribution in [0.1, 0.15) is 50.5 Å². The Labute approximate surface area is 241 Å². The lowest BCUT2D eigenvalue weighted by Crippen LogP contribution is -2.57. The van der Waals surface area contributed by atoms with Crippen molar-refractivity contribution in [1.29, 1.82) is 0 Å². The van der Waals surface area contributed by atoms with Crippen molar-refractivity contribution in [3.8, 4) is 11.5 Å². The van der Waals surface area contributed by atoms with Gasteiger partial charge in [0.2, 0.25) is 11.6 Å². The van der Waals surface area contributed by atoms with E-state index >= 15 is 0 Å². The molecule has 2 saturated heterocycles. The summed E-state index contributed by atoms with van der Waals surface area (Å²) in [6, 6.07) is 2.42. The summed E-state index contributed by atoms with van der Waals surface area (Å²) in [5.74, 6) is -4.37. The first-order valence-electron chi connectivity index (χ1n) is 13.2. The second-order valence-electron chi connectivity index (χ2n) is 9.75. The quantitative estimate of drug-likeness (QED) is 0.149. The average Bonchev–Trinajstić information content (AvgIpc) is 3.61. The number of phenols is 1. The van der Waals surface area contributed by atoms with Gasteiger partial charge in [0.1, 0.15) is 12.1 Å². The van der Waals surface area contributed by atoms with Crippen LogP contribution in [0.5, 0.6) is 11.5 Å². The van der Waals surface area contributed by atoms with Crippen molar-refractivity contribution in [1.82, 2.24) is 10.2 Å². The van der Waals surface area contributed by atoms with Crippen LogP contribution in [0.2, 0.25) is 0 Å². The largest absolute Gasteiger partial charge is 0.504 e. The van der Waals surface area contributed by atoms with Crippen LogP contribution in [-0.4, -0.2) is 109 Å². The molecule has 16 nitrogen and oxygen atoms in total. The summed E-state index contributed by atoms with van der Waals surface area (Å²) in [4.78, 5) is 54.7. The van der Waals surface area contributed by atoms with E-state index in [4.69, 9.17) is 36.6 Å². The lowest BCUT2D eigenvalue weighted by atomic mass is 10.1. The third kappa shape index (κ3) is 11.1. The number of nitrogens with one attached hydrogen (secondary N) is 1. The van der Waals surface area contributed by atoms with Gasteiger partial charge in [0.25, 0.3) is 0 Å². The molecule has 2 aliphatic rings. The van der Waals surface area contributed by atoms with Gasteiger partial charge in [-0.25, -0.2) is 4.79 Å². The summed E-state index contributed by atoms with van der Waals surface area (Å²) in [5, 5.41) is 56.3. The Bertz CT molecular complexity index is 1100. The van der Waals surface area contributed by atoms with Crippen molar-refractivity contribution in [3.63, 3.8) is 0 Å². The number of nitrogens with zero attached hydrogens (tertiary/aromatic N) is 1. The second kappa shape index (κ2) is 17.1. The van der Waals surface area contributed by atoms with Crippen molar-refractivity contribution in [2.45, 2.75) is 75.2 Å². The standard InChI is InChI=1S/C10H16N2O4.C10H13NO4.C6H11NO4/c13-8(7-3-1-5-11-7)12-6-2-4-10(12,16)9(14)15;1-15-9-5-6(2-3-8(9)12)4-7(11)10(13)14;7-4(6(10)11)2-1-3-5(8)9/h7,11,16H,1-6H2,(H,14,15);2-3,5,7,12H,4,11H2,1H3,(H,13,14);4H,1-3,7H2,(H,8,9)(H,10,11). The molecule has 4 unspecified atom stereocenters. The molecule has 236 valence electrons. The number of likely N-dealkylation sites (tertiary alicyclic amines) is 1. The highest BCUT2D eigenvalue weighted by atomic mass is 16.5. The van der Waals surface area contributed by atoms with E-state index in [1.54, 1.807) is 12.1 Å². The van der Waals surface area contributed by atoms with Gasteiger partial charge in [0.05, 0.1) is 13.2 Å². The number of phenolic OH excluding ortho intramolecular Hbond substituents is 1. The number of amides is 1. The Hall–Kier alpha value is -3.99. The van der Waals surface area contributed by atoms with Crippen LogP contribution in [0.15, 0.2) is 18.2 Å². The van der Waals surface area contributed by atoms with Gasteiger partial charge < -0.3 is 57.1 Å². The third-order valence-corrected chi connectivity index (χ3v) is 6.56. The number of aliphatic carboxylic acids is 4. The summed E-state index contributed by atoms with van der Waals surface area (Å²) in [6.07, 6.45) is 2.96. The van der Waals surface area contributed by atoms with E-state index in [-0.39, 0.29) is 43.4 Å². The van der Waals surface area contributed by atoms with Crippen LogP contribution in [0.3, 0.4) is 0 Å². The number of aromatic hydroxyl groups is 1. The van der Waals surface area contributed by atoms with Gasteiger partial charge >= 0.3 is 23.9 Å². The molecule has 0 bridgehead atoms.